The average molecular weight is 332 g/mol. The molecule has 4 rings (SSSR count). The van der Waals surface area contributed by atoms with Crippen LogP contribution in [0, 0.1) is 6.92 Å². The first-order chi connectivity index (χ1) is 11.2. The Labute approximate surface area is 141 Å². The van der Waals surface area contributed by atoms with E-state index in [0.29, 0.717) is 11.8 Å². The van der Waals surface area contributed by atoms with Crippen LogP contribution in [0.15, 0.2) is 4.42 Å². The highest BCUT2D eigenvalue weighted by Crippen LogP contribution is 2.36. The van der Waals surface area contributed by atoms with E-state index in [0.717, 1.165) is 19.0 Å². The summed E-state index contributed by atoms with van der Waals surface area (Å²) in [6.07, 6.45) is 7.52. The minimum absolute atomic E-state index is 0.189. The van der Waals surface area contributed by atoms with Gasteiger partial charge in [-0.2, -0.15) is 0 Å². The van der Waals surface area contributed by atoms with Crippen molar-refractivity contribution in [3.05, 3.63) is 27.4 Å². The largest absolute Gasteiger partial charge is 0.424 e. The zero-order valence-electron chi connectivity index (χ0n) is 13.9. The van der Waals surface area contributed by atoms with Crippen LogP contribution in [-0.2, 0) is 12.8 Å². The highest BCUT2D eigenvalue weighted by molar-refractivity contribution is 7.11. The van der Waals surface area contributed by atoms with Crippen LogP contribution in [-0.4, -0.2) is 33.2 Å². The Hall–Kier alpha value is -1.27. The van der Waals surface area contributed by atoms with Crippen molar-refractivity contribution in [2.24, 2.45) is 0 Å². The maximum atomic E-state index is 5.63. The van der Waals surface area contributed by atoms with E-state index in [9.17, 15) is 0 Å². The molecule has 1 saturated heterocycles. The lowest BCUT2D eigenvalue weighted by atomic mass is 9.97. The third-order valence-corrected chi connectivity index (χ3v) is 6.43. The van der Waals surface area contributed by atoms with E-state index in [1.807, 2.05) is 18.3 Å². The molecule has 0 bridgehead atoms. The van der Waals surface area contributed by atoms with E-state index in [-0.39, 0.29) is 6.04 Å². The number of aryl methyl sites for hydroxylation is 3. The lowest BCUT2D eigenvalue weighted by Crippen LogP contribution is -2.36. The van der Waals surface area contributed by atoms with Crippen molar-refractivity contribution in [2.45, 2.75) is 64.3 Å². The van der Waals surface area contributed by atoms with Crippen molar-refractivity contribution in [2.75, 3.05) is 13.1 Å². The van der Waals surface area contributed by atoms with Crippen molar-refractivity contribution in [3.8, 4) is 0 Å². The Morgan fingerprint density at radius 1 is 1.22 bits per heavy atom. The quantitative estimate of drug-likeness (QED) is 0.858. The summed E-state index contributed by atoms with van der Waals surface area (Å²) in [6.45, 7) is 6.17. The summed E-state index contributed by atoms with van der Waals surface area (Å²) in [4.78, 5) is 9.00. The first-order valence-corrected chi connectivity index (χ1v) is 9.55. The molecular weight excluding hydrogens is 308 g/mol. The standard InChI is InChI=1S/C17H24N4OS/c1-11(16-20-19-12(2)22-16)21-9-5-6-13(10-21)17-18-14-7-3-4-8-15(14)23-17/h11,13H,3-10H2,1-2H3. The van der Waals surface area contributed by atoms with Gasteiger partial charge < -0.3 is 4.42 Å². The summed E-state index contributed by atoms with van der Waals surface area (Å²) in [7, 11) is 0. The van der Waals surface area contributed by atoms with Gasteiger partial charge in [-0.3, -0.25) is 4.90 Å². The second-order valence-electron chi connectivity index (χ2n) is 6.80. The van der Waals surface area contributed by atoms with Gasteiger partial charge >= 0.3 is 0 Å². The van der Waals surface area contributed by atoms with Gasteiger partial charge in [-0.05, 0) is 52.0 Å². The molecule has 2 aromatic heterocycles. The predicted octanol–water partition coefficient (Wildman–Crippen LogP) is 3.65. The van der Waals surface area contributed by atoms with Crippen molar-refractivity contribution < 1.29 is 4.42 Å². The lowest BCUT2D eigenvalue weighted by molar-refractivity contribution is 0.138. The molecule has 2 unspecified atom stereocenters. The number of likely N-dealkylation sites (tertiary alicyclic amines) is 1. The van der Waals surface area contributed by atoms with Gasteiger partial charge in [0.15, 0.2) is 0 Å². The summed E-state index contributed by atoms with van der Waals surface area (Å²) in [5.41, 5.74) is 1.38. The van der Waals surface area contributed by atoms with Crippen LogP contribution < -0.4 is 0 Å². The van der Waals surface area contributed by atoms with Crippen LogP contribution in [0.5, 0.6) is 0 Å². The molecule has 0 aromatic carbocycles. The van der Waals surface area contributed by atoms with Crippen molar-refractivity contribution in [3.63, 3.8) is 0 Å². The Balaban J connectivity index is 1.49. The second kappa shape index (κ2) is 6.32. The van der Waals surface area contributed by atoms with E-state index in [1.165, 1.54) is 49.2 Å². The molecule has 0 spiro atoms. The molecule has 0 saturated carbocycles. The van der Waals surface area contributed by atoms with E-state index in [4.69, 9.17) is 9.40 Å². The fraction of sp³-hybridized carbons (Fsp3) is 0.706. The number of piperidine rings is 1. The number of aromatic nitrogens is 3. The van der Waals surface area contributed by atoms with Gasteiger partial charge in [-0.1, -0.05) is 0 Å². The van der Waals surface area contributed by atoms with Crippen LogP contribution in [0.1, 0.15) is 71.9 Å². The van der Waals surface area contributed by atoms with Gasteiger partial charge in [0.1, 0.15) is 0 Å². The minimum atomic E-state index is 0.189. The van der Waals surface area contributed by atoms with Crippen LogP contribution in [0.4, 0.5) is 0 Å². The predicted molar refractivity (Wildman–Crippen MR) is 89.8 cm³/mol. The summed E-state index contributed by atoms with van der Waals surface area (Å²) in [5, 5.41) is 9.53. The van der Waals surface area contributed by atoms with E-state index >= 15 is 0 Å². The highest BCUT2D eigenvalue weighted by atomic mass is 32.1. The molecule has 0 amide bonds. The average Bonchev–Trinajstić information content (AvgIpc) is 3.20. The third kappa shape index (κ3) is 3.06. The second-order valence-corrected chi connectivity index (χ2v) is 7.91. The van der Waals surface area contributed by atoms with Gasteiger partial charge in [0.25, 0.3) is 0 Å². The zero-order valence-corrected chi connectivity index (χ0v) is 14.7. The molecule has 3 heterocycles. The molecule has 1 aliphatic carbocycles. The maximum absolute atomic E-state index is 5.63. The number of nitrogens with zero attached hydrogens (tertiary/aromatic N) is 4. The van der Waals surface area contributed by atoms with Gasteiger partial charge in [-0.15, -0.1) is 21.5 Å². The van der Waals surface area contributed by atoms with Crippen molar-refractivity contribution >= 4 is 11.3 Å². The lowest BCUT2D eigenvalue weighted by Gasteiger charge is -2.34. The fourth-order valence-electron chi connectivity index (χ4n) is 3.74. The van der Waals surface area contributed by atoms with E-state index in [2.05, 4.69) is 22.0 Å². The number of hydrogen-bond donors (Lipinski definition) is 0. The Morgan fingerprint density at radius 2 is 2.09 bits per heavy atom. The molecule has 6 heteroatoms. The van der Waals surface area contributed by atoms with E-state index < -0.39 is 0 Å². The number of hydrogen-bond acceptors (Lipinski definition) is 6. The van der Waals surface area contributed by atoms with Crippen LogP contribution in [0.2, 0.25) is 0 Å². The summed E-state index contributed by atoms with van der Waals surface area (Å²) in [6, 6.07) is 0.189. The molecule has 2 aromatic rings. The normalized spacial score (nSPS) is 23.7. The molecule has 0 N–H and O–H groups in total. The Morgan fingerprint density at radius 3 is 2.87 bits per heavy atom. The van der Waals surface area contributed by atoms with E-state index in [1.54, 1.807) is 4.88 Å². The monoisotopic (exact) mass is 332 g/mol. The Kier molecular flexibility index (Phi) is 4.20. The molecule has 5 nitrogen and oxygen atoms in total. The Bertz CT molecular complexity index is 656. The number of thiazole rings is 1. The third-order valence-electron chi connectivity index (χ3n) is 5.11. The number of fused-ring (bicyclic) bond motifs is 1. The van der Waals surface area contributed by atoms with Gasteiger partial charge in [0.2, 0.25) is 11.8 Å². The molecule has 1 fully saturated rings. The summed E-state index contributed by atoms with van der Waals surface area (Å²) >= 11 is 1.97. The van der Waals surface area contributed by atoms with Gasteiger partial charge in [-0.25, -0.2) is 4.98 Å². The molecule has 23 heavy (non-hydrogen) atoms. The fourth-order valence-corrected chi connectivity index (χ4v) is 5.02. The molecule has 1 aliphatic heterocycles. The molecule has 2 aliphatic rings. The van der Waals surface area contributed by atoms with Crippen LogP contribution in [0.25, 0.3) is 0 Å². The molecule has 2 atom stereocenters. The topological polar surface area (TPSA) is 55.1 Å². The zero-order chi connectivity index (χ0) is 15.8. The number of rotatable bonds is 3. The SMILES string of the molecule is Cc1nnc(C(C)N2CCCC(c3nc4c(s3)CCCC4)C2)o1. The first kappa shape index (κ1) is 15.3. The van der Waals surface area contributed by atoms with Gasteiger partial charge in [0.05, 0.1) is 16.7 Å². The highest BCUT2D eigenvalue weighted by Gasteiger charge is 2.30. The van der Waals surface area contributed by atoms with Gasteiger partial charge in [0, 0.05) is 24.3 Å². The van der Waals surface area contributed by atoms with Crippen LogP contribution in [0.3, 0.4) is 0 Å². The van der Waals surface area contributed by atoms with Crippen molar-refractivity contribution in [1.29, 1.82) is 0 Å². The summed E-state index contributed by atoms with van der Waals surface area (Å²) in [5.74, 6) is 1.94. The smallest absolute Gasteiger partial charge is 0.233 e. The minimum Gasteiger partial charge on any atom is -0.424 e. The summed E-state index contributed by atoms with van der Waals surface area (Å²) < 4.78 is 5.63. The molecule has 124 valence electrons. The van der Waals surface area contributed by atoms with Crippen LogP contribution >= 0.6 is 11.3 Å². The maximum Gasteiger partial charge on any atom is 0.233 e. The first-order valence-electron chi connectivity index (χ1n) is 8.73. The molecular formula is C17H24N4OS. The molecule has 0 radical (unpaired) electrons. The van der Waals surface area contributed by atoms with Crippen molar-refractivity contribution in [1.82, 2.24) is 20.1 Å².